The van der Waals surface area contributed by atoms with Crippen molar-refractivity contribution in [1.82, 2.24) is 0 Å². The molecule has 15 heavy (non-hydrogen) atoms. The van der Waals surface area contributed by atoms with Crippen LogP contribution < -0.4 is 0 Å². The average molecular weight is 228 g/mol. The Kier molecular flexibility index (Phi) is 3.79. The van der Waals surface area contributed by atoms with Crippen molar-refractivity contribution in [1.29, 1.82) is 0 Å². The minimum Gasteiger partial charge on any atom is -0.258 e. The molecule has 1 aromatic carbocycles. The molecular weight excluding hydrogens is 218 g/mol. The van der Waals surface area contributed by atoms with Gasteiger partial charge in [-0.25, -0.2) is 8.42 Å². The Hall–Kier alpha value is -1.43. The highest BCUT2D eigenvalue weighted by molar-refractivity contribution is 7.72. The summed E-state index contributed by atoms with van der Waals surface area (Å²) in [6.45, 7) is 3.67. The molecule has 0 aliphatic rings. The van der Waals surface area contributed by atoms with Gasteiger partial charge in [-0.3, -0.25) is 10.1 Å². The molecule has 1 atom stereocenters. The van der Waals surface area contributed by atoms with Crippen LogP contribution in [0.5, 0.6) is 0 Å². The third-order valence-electron chi connectivity index (χ3n) is 1.94. The normalized spacial score (nSPS) is 12.7. The number of hydrogen-bond acceptors (Lipinski definition) is 4. The number of thiol groups is 1. The summed E-state index contributed by atoms with van der Waals surface area (Å²) < 4.78 is 20.9. The first kappa shape index (κ1) is 11.6. The average Bonchev–Trinajstić information content (AvgIpc) is 2.17. The topological polar surface area (TPSA) is 77.3 Å². The first-order valence-electron chi connectivity index (χ1n) is 4.20. The summed E-state index contributed by atoms with van der Waals surface area (Å²) in [6, 6.07) is 5.72. The summed E-state index contributed by atoms with van der Waals surface area (Å²) in [5.74, 6) is -0.431. The molecule has 0 aliphatic carbocycles. The van der Waals surface area contributed by atoms with E-state index in [0.717, 1.165) is 0 Å². The number of hydrogen-bond donors (Lipinski definition) is 1. The van der Waals surface area contributed by atoms with E-state index < -0.39 is 15.6 Å². The lowest BCUT2D eigenvalue weighted by Gasteiger charge is -2.06. The Labute approximate surface area is 88.8 Å². The Morgan fingerprint density at radius 3 is 2.27 bits per heavy atom. The summed E-state index contributed by atoms with van der Waals surface area (Å²) in [5.41, 5.74) is 0.664. The van der Waals surface area contributed by atoms with Crippen molar-refractivity contribution in [2.24, 2.45) is 0 Å². The number of rotatable bonds is 4. The van der Waals surface area contributed by atoms with Crippen LogP contribution in [-0.2, 0) is 10.7 Å². The van der Waals surface area contributed by atoms with Gasteiger partial charge in [0.05, 0.1) is 10.7 Å². The van der Waals surface area contributed by atoms with Gasteiger partial charge < -0.3 is 0 Å². The summed E-state index contributed by atoms with van der Waals surface area (Å²) in [5, 5.41) is 10.4. The minimum absolute atomic E-state index is 0.0162. The van der Waals surface area contributed by atoms with Gasteiger partial charge in [0, 0.05) is 12.1 Å². The predicted octanol–water partition coefficient (Wildman–Crippen LogP) is 1.12. The van der Waals surface area contributed by atoms with Crippen LogP contribution >= 0.6 is 0 Å². The molecule has 0 fully saturated rings. The second-order valence-corrected chi connectivity index (χ2v) is 4.09. The number of nitro benzene ring substituents is 1. The molecule has 1 radical (unpaired) electrons. The highest BCUT2D eigenvalue weighted by Gasteiger charge is 2.09. The largest absolute Gasteiger partial charge is 0.269 e. The fraction of sp³-hybridized carbons (Fsp3) is 0.222. The van der Waals surface area contributed by atoms with Gasteiger partial charge in [0.15, 0.2) is 0 Å². The number of nitrogens with zero attached hydrogens (tertiary/aromatic N) is 1. The maximum absolute atomic E-state index is 10.4. The molecule has 0 saturated carbocycles. The summed E-state index contributed by atoms with van der Waals surface area (Å²) in [6.07, 6.45) is 0. The van der Waals surface area contributed by atoms with Gasteiger partial charge in [-0.15, -0.1) is 0 Å². The van der Waals surface area contributed by atoms with Crippen molar-refractivity contribution in [3.63, 3.8) is 0 Å². The molecule has 0 bridgehead atoms. The van der Waals surface area contributed by atoms with E-state index in [-0.39, 0.29) is 17.4 Å². The molecule has 0 aromatic heterocycles. The van der Waals surface area contributed by atoms with Gasteiger partial charge >= 0.3 is 0 Å². The van der Waals surface area contributed by atoms with Crippen LogP contribution in [0.15, 0.2) is 24.3 Å². The third-order valence-corrected chi connectivity index (χ3v) is 2.68. The molecule has 0 heterocycles. The van der Waals surface area contributed by atoms with Crippen molar-refractivity contribution in [3.05, 3.63) is 46.9 Å². The molecule has 1 unspecified atom stereocenters. The molecule has 6 heteroatoms. The Morgan fingerprint density at radius 2 is 1.87 bits per heavy atom. The molecular formula is C9H10NO4S. The van der Waals surface area contributed by atoms with Gasteiger partial charge in [-0.2, -0.15) is 0 Å². The lowest BCUT2D eigenvalue weighted by molar-refractivity contribution is -0.384. The predicted molar refractivity (Wildman–Crippen MR) is 56.4 cm³/mol. The van der Waals surface area contributed by atoms with Crippen molar-refractivity contribution in [2.45, 2.75) is 5.92 Å². The Balaban J connectivity index is 2.84. The monoisotopic (exact) mass is 228 g/mol. The molecule has 0 spiro atoms. The summed E-state index contributed by atoms with van der Waals surface area (Å²) in [4.78, 5) is 9.85. The van der Waals surface area contributed by atoms with Gasteiger partial charge in [0.25, 0.3) is 5.69 Å². The zero-order valence-corrected chi connectivity index (χ0v) is 8.72. The zero-order chi connectivity index (χ0) is 11.4. The first-order chi connectivity index (χ1) is 7.00. The zero-order valence-electron chi connectivity index (χ0n) is 7.83. The summed E-state index contributed by atoms with van der Waals surface area (Å²) in [7, 11) is -2.48. The quantitative estimate of drug-likeness (QED) is 0.476. The van der Waals surface area contributed by atoms with Crippen LogP contribution in [0.2, 0.25) is 0 Å². The second kappa shape index (κ2) is 4.88. The number of benzene rings is 1. The fourth-order valence-electron chi connectivity index (χ4n) is 1.15. The Bertz CT molecular complexity index is 416. The van der Waals surface area contributed by atoms with Gasteiger partial charge in [0.1, 0.15) is 10.7 Å². The van der Waals surface area contributed by atoms with Crippen LogP contribution in [0, 0.1) is 17.0 Å². The molecule has 81 valence electrons. The first-order valence-corrected chi connectivity index (χ1v) is 5.56. The molecule has 1 aromatic rings. The minimum atomic E-state index is -2.48. The maximum Gasteiger partial charge on any atom is 0.269 e. The van der Waals surface area contributed by atoms with Crippen LogP contribution in [0.3, 0.4) is 0 Å². The van der Waals surface area contributed by atoms with Gasteiger partial charge in [-0.05, 0) is 18.4 Å². The van der Waals surface area contributed by atoms with Crippen LogP contribution in [0.4, 0.5) is 5.69 Å². The van der Waals surface area contributed by atoms with Crippen molar-refractivity contribution >= 4 is 16.4 Å². The molecule has 0 aliphatic heterocycles. The van der Waals surface area contributed by atoms with E-state index in [1.165, 1.54) is 24.3 Å². The maximum atomic E-state index is 10.4. The number of nitro groups is 1. The third kappa shape index (κ3) is 3.32. The molecule has 0 amide bonds. The van der Waals surface area contributed by atoms with Gasteiger partial charge in [0.2, 0.25) is 0 Å². The van der Waals surface area contributed by atoms with Gasteiger partial charge in [-0.1, -0.05) is 12.1 Å². The highest BCUT2D eigenvalue weighted by Crippen LogP contribution is 2.18. The molecule has 0 N–H and O–H groups in total. The lowest BCUT2D eigenvalue weighted by atomic mass is 10.0. The molecule has 5 nitrogen and oxygen atoms in total. The lowest BCUT2D eigenvalue weighted by Crippen LogP contribution is -2.01. The van der Waals surface area contributed by atoms with Crippen LogP contribution in [0.25, 0.3) is 0 Å². The standard InChI is InChI=1S/C9H10NO4S/c1-7(6-15(13)14)8-2-4-9(5-3-8)10(11)12/h2-5,7,15H,1,6H2. The van der Waals surface area contributed by atoms with Crippen molar-refractivity contribution in [2.75, 3.05) is 5.75 Å². The highest BCUT2D eigenvalue weighted by atomic mass is 32.2. The fourth-order valence-corrected chi connectivity index (χ4v) is 1.72. The molecule has 0 saturated heterocycles. The second-order valence-electron chi connectivity index (χ2n) is 3.06. The van der Waals surface area contributed by atoms with E-state index in [1.807, 2.05) is 0 Å². The van der Waals surface area contributed by atoms with E-state index in [4.69, 9.17) is 0 Å². The summed E-state index contributed by atoms with van der Waals surface area (Å²) >= 11 is 0. The van der Waals surface area contributed by atoms with E-state index in [1.54, 1.807) is 0 Å². The van der Waals surface area contributed by atoms with E-state index in [2.05, 4.69) is 6.92 Å². The van der Waals surface area contributed by atoms with Crippen LogP contribution in [-0.4, -0.2) is 19.1 Å². The molecule has 1 rings (SSSR count). The van der Waals surface area contributed by atoms with E-state index in [0.29, 0.717) is 5.56 Å². The SMILES string of the molecule is [CH2]C(C[SH](=O)=O)c1ccc([N+](=O)[O-])cc1. The van der Waals surface area contributed by atoms with Crippen LogP contribution in [0.1, 0.15) is 11.5 Å². The smallest absolute Gasteiger partial charge is 0.258 e. The van der Waals surface area contributed by atoms with Crippen molar-refractivity contribution in [3.8, 4) is 0 Å². The van der Waals surface area contributed by atoms with E-state index in [9.17, 15) is 18.5 Å². The Morgan fingerprint density at radius 1 is 1.33 bits per heavy atom. The van der Waals surface area contributed by atoms with E-state index >= 15 is 0 Å². The van der Waals surface area contributed by atoms with Crippen molar-refractivity contribution < 1.29 is 13.3 Å². The number of non-ortho nitro benzene ring substituents is 1.